The molecule has 7 heteroatoms. The summed E-state index contributed by atoms with van der Waals surface area (Å²) in [6.45, 7) is 12.7. The average Bonchev–Trinajstić information content (AvgIpc) is 3.07. The third kappa shape index (κ3) is 5.66. The van der Waals surface area contributed by atoms with Crippen molar-refractivity contribution >= 4 is 5.91 Å². The second-order valence-corrected chi connectivity index (χ2v) is 8.52. The summed E-state index contributed by atoms with van der Waals surface area (Å²) < 4.78 is 7.84. The Labute approximate surface area is 186 Å². The third-order valence-corrected chi connectivity index (χ3v) is 5.72. The second kappa shape index (κ2) is 10.8. The van der Waals surface area contributed by atoms with Gasteiger partial charge in [-0.15, -0.1) is 0 Å². The number of ether oxygens (including phenoxy) is 1. The fourth-order valence-electron chi connectivity index (χ4n) is 4.22. The van der Waals surface area contributed by atoms with Crippen LogP contribution in [0, 0.1) is 6.92 Å². The number of rotatable bonds is 10. The van der Waals surface area contributed by atoms with Crippen molar-refractivity contribution in [3.05, 3.63) is 35.8 Å². The summed E-state index contributed by atoms with van der Waals surface area (Å²) in [5, 5.41) is 3.41. The van der Waals surface area contributed by atoms with Gasteiger partial charge in [0.15, 0.2) is 0 Å². The first-order valence-electron chi connectivity index (χ1n) is 11.4. The predicted octanol–water partition coefficient (Wildman–Crippen LogP) is 2.92. The van der Waals surface area contributed by atoms with Crippen LogP contribution in [0.2, 0.25) is 0 Å². The molecule has 1 aromatic carbocycles. The number of carbonyl (C=O) groups is 1. The van der Waals surface area contributed by atoms with Gasteiger partial charge in [-0.1, -0.05) is 32.9 Å². The Morgan fingerprint density at radius 2 is 2.06 bits per heavy atom. The van der Waals surface area contributed by atoms with Gasteiger partial charge in [-0.2, -0.15) is 0 Å². The fraction of sp³-hybridized carbons (Fsp3) is 0.583. The van der Waals surface area contributed by atoms with Crippen molar-refractivity contribution in [3.8, 4) is 17.0 Å². The number of aryl methyl sites for hydroxylation is 1. The number of nitrogens with one attached hydrogen (secondary N) is 1. The molecule has 0 saturated heterocycles. The summed E-state index contributed by atoms with van der Waals surface area (Å²) in [4.78, 5) is 22.1. The number of amides is 1. The number of hydrogen-bond donors (Lipinski definition) is 1. The Bertz CT molecular complexity index is 877. The lowest BCUT2D eigenvalue weighted by Crippen LogP contribution is -2.46. The summed E-state index contributed by atoms with van der Waals surface area (Å²) in [6, 6.07) is 8.48. The Kier molecular flexibility index (Phi) is 8.09. The van der Waals surface area contributed by atoms with E-state index >= 15 is 0 Å². The van der Waals surface area contributed by atoms with Crippen molar-refractivity contribution in [1.82, 2.24) is 24.7 Å². The molecule has 0 unspecified atom stereocenters. The zero-order valence-electron chi connectivity index (χ0n) is 19.6. The molecule has 0 atom stereocenters. The lowest BCUT2D eigenvalue weighted by Gasteiger charge is -2.31. The maximum atomic E-state index is 13.1. The van der Waals surface area contributed by atoms with Crippen molar-refractivity contribution in [2.24, 2.45) is 0 Å². The molecular weight excluding hydrogens is 390 g/mol. The highest BCUT2D eigenvalue weighted by Crippen LogP contribution is 2.34. The van der Waals surface area contributed by atoms with Gasteiger partial charge in [-0.25, -0.2) is 4.98 Å². The first-order chi connectivity index (χ1) is 14.9. The molecule has 0 spiro atoms. The standard InChI is InChI=1S/C24H37N5O2/c1-6-13-28(15-12-25-18(2)3)23(30)16-27-14-11-22-26-19(4)24(29(22)17-27)20-9-7-8-10-21(20)31-5/h7-10,18,25H,6,11-17H2,1-5H3. The normalized spacial score (nSPS) is 14.0. The Morgan fingerprint density at radius 1 is 1.29 bits per heavy atom. The van der Waals surface area contributed by atoms with Gasteiger partial charge in [0.25, 0.3) is 0 Å². The number of para-hydroxylation sites is 1. The molecule has 2 aromatic rings. The molecule has 1 aliphatic rings. The molecule has 0 radical (unpaired) electrons. The molecule has 0 saturated carbocycles. The van der Waals surface area contributed by atoms with Crippen LogP contribution < -0.4 is 10.1 Å². The molecule has 31 heavy (non-hydrogen) atoms. The van der Waals surface area contributed by atoms with Gasteiger partial charge in [0.1, 0.15) is 11.6 Å². The molecule has 1 N–H and O–H groups in total. The first-order valence-corrected chi connectivity index (χ1v) is 11.4. The van der Waals surface area contributed by atoms with Crippen LogP contribution in [0.15, 0.2) is 24.3 Å². The molecule has 1 aromatic heterocycles. The van der Waals surface area contributed by atoms with Crippen LogP contribution in [0.5, 0.6) is 5.75 Å². The van der Waals surface area contributed by atoms with Crippen molar-refractivity contribution < 1.29 is 9.53 Å². The topological polar surface area (TPSA) is 62.6 Å². The minimum atomic E-state index is 0.200. The van der Waals surface area contributed by atoms with E-state index in [2.05, 4.69) is 41.6 Å². The number of aromatic nitrogens is 2. The number of carbonyl (C=O) groups excluding carboxylic acids is 1. The molecule has 3 rings (SSSR count). The van der Waals surface area contributed by atoms with E-state index in [1.807, 2.05) is 30.0 Å². The summed E-state index contributed by atoms with van der Waals surface area (Å²) in [5.74, 6) is 2.12. The highest BCUT2D eigenvalue weighted by atomic mass is 16.5. The van der Waals surface area contributed by atoms with Crippen LogP contribution in [0.25, 0.3) is 11.3 Å². The SMILES string of the molecule is CCCN(CCNC(C)C)C(=O)CN1CCc2nc(C)c(-c3ccccc3OC)n2C1. The molecule has 170 valence electrons. The van der Waals surface area contributed by atoms with Gasteiger partial charge >= 0.3 is 0 Å². The average molecular weight is 428 g/mol. The van der Waals surface area contributed by atoms with Gasteiger partial charge in [0.05, 0.1) is 31.7 Å². The highest BCUT2D eigenvalue weighted by molar-refractivity contribution is 5.78. The quantitative estimate of drug-likeness (QED) is 0.632. The second-order valence-electron chi connectivity index (χ2n) is 8.52. The number of nitrogens with zero attached hydrogens (tertiary/aromatic N) is 4. The smallest absolute Gasteiger partial charge is 0.236 e. The van der Waals surface area contributed by atoms with Crippen LogP contribution in [0.3, 0.4) is 0 Å². The number of hydrogen-bond acceptors (Lipinski definition) is 5. The van der Waals surface area contributed by atoms with Crippen LogP contribution in [0.1, 0.15) is 38.7 Å². The van der Waals surface area contributed by atoms with Crippen LogP contribution in [-0.2, 0) is 17.9 Å². The van der Waals surface area contributed by atoms with Gasteiger partial charge < -0.3 is 19.5 Å². The molecule has 7 nitrogen and oxygen atoms in total. The maximum absolute atomic E-state index is 13.1. The highest BCUT2D eigenvalue weighted by Gasteiger charge is 2.26. The van der Waals surface area contributed by atoms with E-state index in [9.17, 15) is 4.79 Å². The van der Waals surface area contributed by atoms with Crippen LogP contribution in [0.4, 0.5) is 0 Å². The predicted molar refractivity (Wildman–Crippen MR) is 124 cm³/mol. The van der Waals surface area contributed by atoms with Crippen molar-refractivity contribution in [2.45, 2.75) is 53.2 Å². The summed E-state index contributed by atoms with van der Waals surface area (Å²) in [6.07, 6.45) is 1.81. The third-order valence-electron chi connectivity index (χ3n) is 5.72. The fourth-order valence-corrected chi connectivity index (χ4v) is 4.22. The molecule has 2 heterocycles. The Morgan fingerprint density at radius 3 is 2.77 bits per heavy atom. The summed E-state index contributed by atoms with van der Waals surface area (Å²) in [7, 11) is 1.70. The minimum Gasteiger partial charge on any atom is -0.496 e. The van der Waals surface area contributed by atoms with Crippen LogP contribution >= 0.6 is 0 Å². The van der Waals surface area contributed by atoms with Gasteiger partial charge in [0, 0.05) is 44.2 Å². The van der Waals surface area contributed by atoms with E-state index in [1.165, 1.54) is 0 Å². The zero-order chi connectivity index (χ0) is 22.4. The van der Waals surface area contributed by atoms with Crippen molar-refractivity contribution in [3.63, 3.8) is 0 Å². The monoisotopic (exact) mass is 427 g/mol. The van der Waals surface area contributed by atoms with Gasteiger partial charge in [0.2, 0.25) is 5.91 Å². The summed E-state index contributed by atoms with van der Waals surface area (Å²) >= 11 is 0. The van der Waals surface area contributed by atoms with Crippen molar-refractivity contribution in [2.75, 3.05) is 39.8 Å². The van der Waals surface area contributed by atoms with E-state index in [0.29, 0.717) is 19.3 Å². The van der Waals surface area contributed by atoms with Gasteiger partial charge in [-0.3, -0.25) is 9.69 Å². The lowest BCUT2D eigenvalue weighted by molar-refractivity contribution is -0.133. The number of imidazole rings is 1. The zero-order valence-corrected chi connectivity index (χ0v) is 19.6. The molecule has 1 aliphatic heterocycles. The molecular formula is C24H37N5O2. The van der Waals surface area contributed by atoms with E-state index in [4.69, 9.17) is 9.72 Å². The van der Waals surface area contributed by atoms with E-state index in [1.54, 1.807) is 7.11 Å². The largest absolute Gasteiger partial charge is 0.496 e. The maximum Gasteiger partial charge on any atom is 0.236 e. The van der Waals surface area contributed by atoms with Crippen molar-refractivity contribution in [1.29, 1.82) is 0 Å². The number of fused-ring (bicyclic) bond motifs is 1. The molecule has 0 fully saturated rings. The minimum absolute atomic E-state index is 0.200. The molecule has 0 aliphatic carbocycles. The molecule has 1 amide bonds. The first kappa shape index (κ1) is 23.3. The van der Waals surface area contributed by atoms with E-state index in [-0.39, 0.29) is 5.91 Å². The van der Waals surface area contributed by atoms with E-state index in [0.717, 1.165) is 67.5 Å². The van der Waals surface area contributed by atoms with E-state index < -0.39 is 0 Å². The summed E-state index contributed by atoms with van der Waals surface area (Å²) in [5.41, 5.74) is 3.12. The number of benzene rings is 1. The lowest BCUT2D eigenvalue weighted by atomic mass is 10.1. The molecule has 0 bridgehead atoms. The number of methoxy groups -OCH3 is 1. The Hall–Kier alpha value is -2.38. The van der Waals surface area contributed by atoms with Crippen LogP contribution in [-0.4, -0.2) is 71.1 Å². The van der Waals surface area contributed by atoms with Gasteiger partial charge in [-0.05, 0) is 25.5 Å². The Balaban J connectivity index is 1.73.